The molecule has 86 valence electrons. The standard InChI is InChI=1S/C13H16O3/c1-9(8-14)10(2)13(15)11-6-4-5-7-12(11)16-3/h4-10H,1-3H3/t9-,10+/m0/s1. The molecule has 0 radical (unpaired) electrons. The van der Waals surface area contributed by atoms with E-state index in [1.807, 2.05) is 6.07 Å². The monoisotopic (exact) mass is 220 g/mol. The van der Waals surface area contributed by atoms with Crippen LogP contribution in [0.1, 0.15) is 24.2 Å². The summed E-state index contributed by atoms with van der Waals surface area (Å²) in [6, 6.07) is 7.05. The van der Waals surface area contributed by atoms with Crippen LogP contribution in [0.15, 0.2) is 24.3 Å². The molecule has 2 atom stereocenters. The Labute approximate surface area is 95.4 Å². The summed E-state index contributed by atoms with van der Waals surface area (Å²) in [6.07, 6.45) is 0.804. The molecule has 16 heavy (non-hydrogen) atoms. The quantitative estimate of drug-likeness (QED) is 0.565. The average Bonchev–Trinajstić information content (AvgIpc) is 2.35. The summed E-state index contributed by atoms with van der Waals surface area (Å²) in [6.45, 7) is 3.50. The zero-order chi connectivity index (χ0) is 12.1. The molecule has 3 heteroatoms. The molecule has 0 heterocycles. The number of aldehydes is 1. The van der Waals surface area contributed by atoms with Crippen molar-refractivity contribution in [3.05, 3.63) is 29.8 Å². The third-order valence-corrected chi connectivity index (χ3v) is 2.79. The molecule has 3 nitrogen and oxygen atoms in total. The largest absolute Gasteiger partial charge is 0.496 e. The molecule has 0 aromatic heterocycles. The van der Waals surface area contributed by atoms with Crippen LogP contribution in [0.4, 0.5) is 0 Å². The third kappa shape index (κ3) is 2.48. The summed E-state index contributed by atoms with van der Waals surface area (Å²) in [5.74, 6) is -0.110. The van der Waals surface area contributed by atoms with Gasteiger partial charge >= 0.3 is 0 Å². The summed E-state index contributed by atoms with van der Waals surface area (Å²) in [7, 11) is 1.53. The Morgan fingerprint density at radius 1 is 1.31 bits per heavy atom. The highest BCUT2D eigenvalue weighted by molar-refractivity contribution is 6.01. The number of rotatable bonds is 5. The first kappa shape index (κ1) is 12.4. The lowest BCUT2D eigenvalue weighted by Gasteiger charge is -2.15. The second-order valence-corrected chi connectivity index (χ2v) is 3.85. The fourth-order valence-electron chi connectivity index (χ4n) is 1.45. The van der Waals surface area contributed by atoms with Gasteiger partial charge in [0.1, 0.15) is 12.0 Å². The van der Waals surface area contributed by atoms with E-state index in [-0.39, 0.29) is 17.6 Å². The van der Waals surface area contributed by atoms with Gasteiger partial charge in [-0.05, 0) is 12.1 Å². The normalized spacial score (nSPS) is 13.9. The molecule has 0 amide bonds. The maximum atomic E-state index is 12.1. The van der Waals surface area contributed by atoms with Gasteiger partial charge in [0.05, 0.1) is 12.7 Å². The van der Waals surface area contributed by atoms with Gasteiger partial charge in [0, 0.05) is 11.8 Å². The van der Waals surface area contributed by atoms with E-state index in [2.05, 4.69) is 0 Å². The highest BCUT2D eigenvalue weighted by Gasteiger charge is 2.23. The Kier molecular flexibility index (Phi) is 4.23. The SMILES string of the molecule is COc1ccccc1C(=O)[C@H](C)[C@@H](C)C=O. The first-order valence-corrected chi connectivity index (χ1v) is 5.24. The van der Waals surface area contributed by atoms with Gasteiger partial charge in [-0.2, -0.15) is 0 Å². The van der Waals surface area contributed by atoms with Crippen LogP contribution in [-0.2, 0) is 4.79 Å². The number of carbonyl (C=O) groups is 2. The fourth-order valence-corrected chi connectivity index (χ4v) is 1.45. The van der Waals surface area contributed by atoms with Crippen molar-refractivity contribution in [2.75, 3.05) is 7.11 Å². The molecule has 1 aromatic carbocycles. The Morgan fingerprint density at radius 2 is 1.94 bits per heavy atom. The predicted molar refractivity (Wildman–Crippen MR) is 61.7 cm³/mol. The van der Waals surface area contributed by atoms with E-state index in [0.717, 1.165) is 6.29 Å². The van der Waals surface area contributed by atoms with Crippen LogP contribution in [0.25, 0.3) is 0 Å². The number of hydrogen-bond donors (Lipinski definition) is 0. The summed E-state index contributed by atoms with van der Waals surface area (Å²) in [4.78, 5) is 22.7. The molecular formula is C13H16O3. The lowest BCUT2D eigenvalue weighted by molar-refractivity contribution is -0.111. The third-order valence-electron chi connectivity index (χ3n) is 2.79. The minimum absolute atomic E-state index is 0.0583. The van der Waals surface area contributed by atoms with E-state index in [4.69, 9.17) is 4.74 Å². The molecule has 0 spiro atoms. The van der Waals surface area contributed by atoms with Gasteiger partial charge in [0.15, 0.2) is 5.78 Å². The van der Waals surface area contributed by atoms with E-state index < -0.39 is 0 Å². The summed E-state index contributed by atoms with van der Waals surface area (Å²) >= 11 is 0. The van der Waals surface area contributed by atoms with Gasteiger partial charge in [0.2, 0.25) is 0 Å². The second-order valence-electron chi connectivity index (χ2n) is 3.85. The Bertz CT molecular complexity index is 385. The molecule has 0 aliphatic carbocycles. The van der Waals surface area contributed by atoms with Crippen LogP contribution in [0.2, 0.25) is 0 Å². The summed E-state index contributed by atoms with van der Waals surface area (Å²) in [5.41, 5.74) is 0.534. The summed E-state index contributed by atoms with van der Waals surface area (Å²) < 4.78 is 5.12. The zero-order valence-corrected chi connectivity index (χ0v) is 9.77. The highest BCUT2D eigenvalue weighted by atomic mass is 16.5. The number of hydrogen-bond acceptors (Lipinski definition) is 3. The molecule has 1 rings (SSSR count). The smallest absolute Gasteiger partial charge is 0.170 e. The Balaban J connectivity index is 3.00. The van der Waals surface area contributed by atoms with Crippen LogP contribution in [0.5, 0.6) is 5.75 Å². The van der Waals surface area contributed by atoms with Crippen LogP contribution >= 0.6 is 0 Å². The number of para-hydroxylation sites is 1. The topological polar surface area (TPSA) is 43.4 Å². The number of benzene rings is 1. The van der Waals surface area contributed by atoms with Crippen LogP contribution in [0.3, 0.4) is 0 Å². The van der Waals surface area contributed by atoms with Crippen molar-refractivity contribution in [3.8, 4) is 5.75 Å². The summed E-state index contributed by atoms with van der Waals surface area (Å²) in [5, 5.41) is 0. The van der Waals surface area contributed by atoms with E-state index in [9.17, 15) is 9.59 Å². The Hall–Kier alpha value is -1.64. The molecule has 0 N–H and O–H groups in total. The number of ketones is 1. The van der Waals surface area contributed by atoms with Crippen LogP contribution in [0, 0.1) is 11.8 Å². The van der Waals surface area contributed by atoms with Crippen molar-refractivity contribution in [2.45, 2.75) is 13.8 Å². The van der Waals surface area contributed by atoms with Crippen LogP contribution in [-0.4, -0.2) is 19.2 Å². The minimum Gasteiger partial charge on any atom is -0.496 e. The lowest BCUT2D eigenvalue weighted by Crippen LogP contribution is -2.20. The first-order chi connectivity index (χ1) is 7.61. The van der Waals surface area contributed by atoms with Crippen molar-refractivity contribution >= 4 is 12.1 Å². The highest BCUT2D eigenvalue weighted by Crippen LogP contribution is 2.23. The maximum absolute atomic E-state index is 12.1. The molecule has 0 fully saturated rings. The molecule has 1 aromatic rings. The van der Waals surface area contributed by atoms with Gasteiger partial charge in [-0.25, -0.2) is 0 Å². The van der Waals surface area contributed by atoms with Crippen molar-refractivity contribution < 1.29 is 14.3 Å². The molecule has 0 aliphatic rings. The molecule has 0 saturated heterocycles. The molecular weight excluding hydrogens is 204 g/mol. The van der Waals surface area contributed by atoms with E-state index in [0.29, 0.717) is 11.3 Å². The van der Waals surface area contributed by atoms with E-state index in [1.165, 1.54) is 7.11 Å². The predicted octanol–water partition coefficient (Wildman–Crippen LogP) is 2.35. The van der Waals surface area contributed by atoms with Crippen molar-refractivity contribution in [1.82, 2.24) is 0 Å². The van der Waals surface area contributed by atoms with Gasteiger partial charge in [-0.3, -0.25) is 4.79 Å². The van der Waals surface area contributed by atoms with Gasteiger partial charge in [-0.1, -0.05) is 26.0 Å². The van der Waals surface area contributed by atoms with Crippen molar-refractivity contribution in [2.24, 2.45) is 11.8 Å². The van der Waals surface area contributed by atoms with Gasteiger partial charge < -0.3 is 9.53 Å². The van der Waals surface area contributed by atoms with Crippen LogP contribution < -0.4 is 4.74 Å². The fraction of sp³-hybridized carbons (Fsp3) is 0.385. The molecule has 0 saturated carbocycles. The second kappa shape index (κ2) is 5.45. The number of carbonyl (C=O) groups excluding carboxylic acids is 2. The van der Waals surface area contributed by atoms with Gasteiger partial charge in [0.25, 0.3) is 0 Å². The molecule has 0 unspecified atom stereocenters. The lowest BCUT2D eigenvalue weighted by atomic mass is 9.89. The number of Topliss-reactive ketones (excluding diaryl/α,β-unsaturated/α-hetero) is 1. The first-order valence-electron chi connectivity index (χ1n) is 5.24. The van der Waals surface area contributed by atoms with E-state index in [1.54, 1.807) is 32.0 Å². The van der Waals surface area contributed by atoms with Gasteiger partial charge in [-0.15, -0.1) is 0 Å². The molecule has 0 aliphatic heterocycles. The zero-order valence-electron chi connectivity index (χ0n) is 9.77. The minimum atomic E-state index is -0.325. The Morgan fingerprint density at radius 3 is 2.50 bits per heavy atom. The number of ether oxygens (including phenoxy) is 1. The van der Waals surface area contributed by atoms with Crippen molar-refractivity contribution in [3.63, 3.8) is 0 Å². The average molecular weight is 220 g/mol. The van der Waals surface area contributed by atoms with Crippen molar-refractivity contribution in [1.29, 1.82) is 0 Å². The van der Waals surface area contributed by atoms with E-state index >= 15 is 0 Å². The molecule has 0 bridgehead atoms. The number of methoxy groups -OCH3 is 1. The maximum Gasteiger partial charge on any atom is 0.170 e.